The number of likely N-dealkylation sites (tertiary alicyclic amines) is 1. The summed E-state index contributed by atoms with van der Waals surface area (Å²) in [4.78, 5) is 9.78. The molecule has 1 aromatic carbocycles. The van der Waals surface area contributed by atoms with E-state index in [-0.39, 0.29) is 6.10 Å². The van der Waals surface area contributed by atoms with Crippen molar-refractivity contribution in [2.75, 3.05) is 39.3 Å². The van der Waals surface area contributed by atoms with Crippen LogP contribution >= 0.6 is 0 Å². The number of hydrogen-bond acceptors (Lipinski definition) is 3. The Kier molecular flexibility index (Phi) is 6.32. The molecule has 0 aromatic heterocycles. The van der Waals surface area contributed by atoms with Gasteiger partial charge in [0.2, 0.25) is 0 Å². The van der Waals surface area contributed by atoms with Crippen LogP contribution < -0.4 is 5.32 Å². The molecule has 0 bridgehead atoms. The fourth-order valence-corrected chi connectivity index (χ4v) is 3.64. The molecule has 0 saturated carbocycles. The van der Waals surface area contributed by atoms with Gasteiger partial charge in [-0.15, -0.1) is 0 Å². The van der Waals surface area contributed by atoms with Gasteiger partial charge >= 0.3 is 0 Å². The van der Waals surface area contributed by atoms with Crippen molar-refractivity contribution in [3.05, 3.63) is 35.9 Å². The van der Waals surface area contributed by atoms with Crippen LogP contribution in [0.3, 0.4) is 0 Å². The van der Waals surface area contributed by atoms with E-state index in [9.17, 15) is 0 Å². The van der Waals surface area contributed by atoms with Crippen molar-refractivity contribution in [2.24, 2.45) is 10.9 Å². The summed E-state index contributed by atoms with van der Waals surface area (Å²) in [6.45, 7) is 13.1. The highest BCUT2D eigenvalue weighted by molar-refractivity contribution is 5.80. The van der Waals surface area contributed by atoms with Crippen LogP contribution in [0.4, 0.5) is 0 Å². The molecule has 5 nitrogen and oxygen atoms in total. The summed E-state index contributed by atoms with van der Waals surface area (Å²) in [7, 11) is 0. The Morgan fingerprint density at radius 3 is 2.80 bits per heavy atom. The van der Waals surface area contributed by atoms with Gasteiger partial charge in [0.05, 0.1) is 18.8 Å². The van der Waals surface area contributed by atoms with Gasteiger partial charge in [-0.1, -0.05) is 44.2 Å². The summed E-state index contributed by atoms with van der Waals surface area (Å²) in [6.07, 6.45) is 0.278. The van der Waals surface area contributed by atoms with E-state index in [1.165, 1.54) is 5.56 Å². The molecule has 2 fully saturated rings. The van der Waals surface area contributed by atoms with Crippen LogP contribution in [0.5, 0.6) is 0 Å². The molecule has 1 N–H and O–H groups in total. The molecule has 2 aliphatic heterocycles. The van der Waals surface area contributed by atoms with Gasteiger partial charge in [0, 0.05) is 39.3 Å². The monoisotopic (exact) mass is 344 g/mol. The van der Waals surface area contributed by atoms with Gasteiger partial charge in [0.1, 0.15) is 0 Å². The predicted molar refractivity (Wildman–Crippen MR) is 103 cm³/mol. The number of ether oxygens (including phenoxy) is 1. The number of nitrogens with zero attached hydrogens (tertiary/aromatic N) is 3. The van der Waals surface area contributed by atoms with Crippen molar-refractivity contribution in [3.8, 4) is 0 Å². The van der Waals surface area contributed by atoms with Crippen LogP contribution in [0.2, 0.25) is 0 Å². The van der Waals surface area contributed by atoms with Crippen molar-refractivity contribution in [3.63, 3.8) is 0 Å². The molecule has 2 saturated heterocycles. The first-order chi connectivity index (χ1) is 12.2. The lowest BCUT2D eigenvalue weighted by Crippen LogP contribution is -2.50. The third kappa shape index (κ3) is 4.73. The Labute approximate surface area is 152 Å². The molecule has 0 amide bonds. The second kappa shape index (κ2) is 8.68. The summed E-state index contributed by atoms with van der Waals surface area (Å²) >= 11 is 0. The summed E-state index contributed by atoms with van der Waals surface area (Å²) < 4.78 is 6.09. The summed E-state index contributed by atoms with van der Waals surface area (Å²) in [5.41, 5.74) is 1.38. The van der Waals surface area contributed by atoms with Crippen LogP contribution in [0.25, 0.3) is 0 Å². The van der Waals surface area contributed by atoms with Crippen LogP contribution in [0.1, 0.15) is 26.3 Å². The molecule has 2 heterocycles. The molecule has 2 aliphatic rings. The van der Waals surface area contributed by atoms with Gasteiger partial charge < -0.3 is 15.0 Å². The van der Waals surface area contributed by atoms with E-state index in [2.05, 4.69) is 66.2 Å². The van der Waals surface area contributed by atoms with E-state index in [0.29, 0.717) is 12.0 Å². The smallest absolute Gasteiger partial charge is 0.194 e. The molecule has 0 aliphatic carbocycles. The zero-order valence-electron chi connectivity index (χ0n) is 15.8. The fraction of sp³-hybridized carbons (Fsp3) is 0.650. The van der Waals surface area contributed by atoms with Crippen molar-refractivity contribution in [1.82, 2.24) is 15.1 Å². The number of rotatable bonds is 5. The van der Waals surface area contributed by atoms with Gasteiger partial charge in [-0.3, -0.25) is 9.89 Å². The molecule has 1 aromatic rings. The van der Waals surface area contributed by atoms with Crippen LogP contribution in [-0.4, -0.2) is 67.2 Å². The maximum absolute atomic E-state index is 6.09. The van der Waals surface area contributed by atoms with E-state index < -0.39 is 0 Å². The van der Waals surface area contributed by atoms with E-state index >= 15 is 0 Å². The number of nitrogens with one attached hydrogen (secondary N) is 1. The Hall–Kier alpha value is -1.59. The fourth-order valence-electron chi connectivity index (χ4n) is 3.64. The number of fused-ring (bicyclic) bond motifs is 1. The molecule has 2 atom stereocenters. The lowest BCUT2D eigenvalue weighted by atomic mass is 10.1. The Morgan fingerprint density at radius 1 is 1.28 bits per heavy atom. The van der Waals surface area contributed by atoms with E-state index in [1.807, 2.05) is 0 Å². The number of guanidine groups is 1. The van der Waals surface area contributed by atoms with E-state index in [4.69, 9.17) is 9.73 Å². The minimum atomic E-state index is 0.278. The van der Waals surface area contributed by atoms with E-state index in [1.54, 1.807) is 0 Å². The second-order valence-electron chi connectivity index (χ2n) is 7.43. The highest BCUT2D eigenvalue weighted by Gasteiger charge is 2.41. The second-order valence-corrected chi connectivity index (χ2v) is 7.43. The predicted octanol–water partition coefficient (Wildman–Crippen LogP) is 2.19. The molecule has 0 radical (unpaired) electrons. The first-order valence-electron chi connectivity index (χ1n) is 9.60. The standard InChI is InChI=1S/C20H32N4O/c1-4-21-20(22-12-16(2)3)24-14-18-19(15-24)25-11-10-23(18)13-17-8-6-5-7-9-17/h5-9,16,18-19H,4,10-15H2,1-3H3,(H,21,22). The summed E-state index contributed by atoms with van der Waals surface area (Å²) in [5.74, 6) is 1.61. The highest BCUT2D eigenvalue weighted by atomic mass is 16.5. The Morgan fingerprint density at radius 2 is 2.08 bits per heavy atom. The lowest BCUT2D eigenvalue weighted by Gasteiger charge is -2.36. The van der Waals surface area contributed by atoms with Crippen molar-refractivity contribution in [2.45, 2.75) is 39.5 Å². The van der Waals surface area contributed by atoms with Crippen molar-refractivity contribution in [1.29, 1.82) is 0 Å². The molecule has 2 unspecified atom stereocenters. The number of morpholine rings is 1. The third-order valence-corrected chi connectivity index (χ3v) is 4.89. The maximum atomic E-state index is 6.09. The van der Waals surface area contributed by atoms with Gasteiger partial charge in [0.15, 0.2) is 5.96 Å². The third-order valence-electron chi connectivity index (χ3n) is 4.89. The molecular weight excluding hydrogens is 312 g/mol. The Bertz CT molecular complexity index is 560. The van der Waals surface area contributed by atoms with Crippen LogP contribution in [-0.2, 0) is 11.3 Å². The van der Waals surface area contributed by atoms with Gasteiger partial charge in [-0.25, -0.2) is 0 Å². The normalized spacial score (nSPS) is 24.6. The average molecular weight is 345 g/mol. The summed E-state index contributed by atoms with van der Waals surface area (Å²) in [6, 6.07) is 11.2. The van der Waals surface area contributed by atoms with Crippen molar-refractivity contribution < 1.29 is 4.74 Å². The zero-order valence-corrected chi connectivity index (χ0v) is 15.8. The van der Waals surface area contributed by atoms with Crippen molar-refractivity contribution >= 4 is 5.96 Å². The minimum Gasteiger partial charge on any atom is -0.373 e. The molecule has 138 valence electrons. The topological polar surface area (TPSA) is 40.1 Å². The molecule has 5 heteroatoms. The van der Waals surface area contributed by atoms with Gasteiger partial charge in [-0.2, -0.15) is 0 Å². The SMILES string of the molecule is CCNC(=NCC(C)C)N1CC2OCCN(Cc3ccccc3)C2C1. The van der Waals surface area contributed by atoms with Crippen LogP contribution in [0, 0.1) is 5.92 Å². The minimum absolute atomic E-state index is 0.278. The van der Waals surface area contributed by atoms with Gasteiger partial charge in [0.25, 0.3) is 0 Å². The largest absolute Gasteiger partial charge is 0.373 e. The maximum Gasteiger partial charge on any atom is 0.194 e. The number of hydrogen-bond donors (Lipinski definition) is 1. The number of benzene rings is 1. The van der Waals surface area contributed by atoms with Gasteiger partial charge in [-0.05, 0) is 18.4 Å². The highest BCUT2D eigenvalue weighted by Crippen LogP contribution is 2.24. The molecular formula is C20H32N4O. The zero-order chi connectivity index (χ0) is 17.6. The first kappa shape index (κ1) is 18.2. The Balaban J connectivity index is 1.68. The molecule has 25 heavy (non-hydrogen) atoms. The molecule has 0 spiro atoms. The quantitative estimate of drug-likeness (QED) is 0.657. The lowest BCUT2D eigenvalue weighted by molar-refractivity contribution is -0.0502. The first-order valence-corrected chi connectivity index (χ1v) is 9.60. The average Bonchev–Trinajstić information content (AvgIpc) is 3.04. The summed E-state index contributed by atoms with van der Waals surface area (Å²) in [5, 5.41) is 3.46. The van der Waals surface area contributed by atoms with Crippen LogP contribution in [0.15, 0.2) is 35.3 Å². The molecule has 3 rings (SSSR count). The number of aliphatic imine (C=N–C) groups is 1. The van der Waals surface area contributed by atoms with E-state index in [0.717, 1.165) is 51.8 Å².